The summed E-state index contributed by atoms with van der Waals surface area (Å²) in [6, 6.07) is 8.16. The van der Waals surface area contributed by atoms with Crippen LogP contribution in [0.5, 0.6) is 0 Å². The minimum absolute atomic E-state index is 0.0265. The van der Waals surface area contributed by atoms with Crippen LogP contribution in [0.25, 0.3) is 10.9 Å². The van der Waals surface area contributed by atoms with Crippen molar-refractivity contribution in [3.63, 3.8) is 0 Å². The first kappa shape index (κ1) is 15.6. The lowest BCUT2D eigenvalue weighted by molar-refractivity contribution is 0.123. The van der Waals surface area contributed by atoms with Crippen molar-refractivity contribution in [3.05, 3.63) is 36.0 Å². The summed E-state index contributed by atoms with van der Waals surface area (Å²) in [4.78, 5) is 17.7. The van der Waals surface area contributed by atoms with Gasteiger partial charge in [0, 0.05) is 36.3 Å². The van der Waals surface area contributed by atoms with Crippen LogP contribution in [0.2, 0.25) is 0 Å². The molecular formula is C17H21N3O3. The maximum Gasteiger partial charge on any atom is 0.404 e. The Kier molecular flexibility index (Phi) is 4.62. The summed E-state index contributed by atoms with van der Waals surface area (Å²) in [5.41, 5.74) is 8.22. The summed E-state index contributed by atoms with van der Waals surface area (Å²) in [6.45, 7) is 5.49. The van der Waals surface area contributed by atoms with Gasteiger partial charge in [0.15, 0.2) is 0 Å². The van der Waals surface area contributed by atoms with Crippen molar-refractivity contribution >= 4 is 22.7 Å². The second kappa shape index (κ2) is 6.83. The van der Waals surface area contributed by atoms with Crippen molar-refractivity contribution in [1.82, 2.24) is 4.98 Å². The first-order valence-electron chi connectivity index (χ1n) is 7.79. The summed E-state index contributed by atoms with van der Waals surface area (Å²) < 4.78 is 10.4. The Bertz CT molecular complexity index is 699. The number of carbonyl (C=O) groups excluding carboxylic acids is 1. The highest BCUT2D eigenvalue weighted by atomic mass is 16.5. The lowest BCUT2D eigenvalue weighted by Crippen LogP contribution is -2.36. The Morgan fingerprint density at radius 2 is 2.17 bits per heavy atom. The molecule has 23 heavy (non-hydrogen) atoms. The largest absolute Gasteiger partial charge is 0.449 e. The van der Waals surface area contributed by atoms with E-state index in [1.54, 1.807) is 0 Å². The maximum absolute atomic E-state index is 10.8. The number of pyridine rings is 1. The van der Waals surface area contributed by atoms with Crippen molar-refractivity contribution < 1.29 is 14.3 Å². The van der Waals surface area contributed by atoms with E-state index < -0.39 is 6.09 Å². The van der Waals surface area contributed by atoms with Crippen molar-refractivity contribution in [2.75, 3.05) is 37.8 Å². The van der Waals surface area contributed by atoms with Crippen molar-refractivity contribution in [1.29, 1.82) is 0 Å². The Morgan fingerprint density at radius 1 is 1.39 bits per heavy atom. The molecule has 1 aromatic heterocycles. The van der Waals surface area contributed by atoms with E-state index in [1.807, 2.05) is 31.3 Å². The number of para-hydroxylation sites is 1. The highest BCUT2D eigenvalue weighted by Gasteiger charge is 2.17. The van der Waals surface area contributed by atoms with Crippen LogP contribution in [-0.2, 0) is 9.47 Å². The summed E-state index contributed by atoms with van der Waals surface area (Å²) in [6.07, 6.45) is 1.08. The third-order valence-corrected chi connectivity index (χ3v) is 4.14. The summed E-state index contributed by atoms with van der Waals surface area (Å²) >= 11 is 0. The van der Waals surface area contributed by atoms with Gasteiger partial charge in [0.05, 0.1) is 25.3 Å². The zero-order chi connectivity index (χ0) is 16.2. The zero-order valence-corrected chi connectivity index (χ0v) is 13.2. The maximum atomic E-state index is 10.8. The van der Waals surface area contributed by atoms with E-state index in [4.69, 9.17) is 15.2 Å². The molecule has 1 aliphatic heterocycles. The molecule has 122 valence electrons. The van der Waals surface area contributed by atoms with Gasteiger partial charge in [-0.1, -0.05) is 25.1 Å². The van der Waals surface area contributed by atoms with Crippen LogP contribution >= 0.6 is 0 Å². The quantitative estimate of drug-likeness (QED) is 0.936. The predicted octanol–water partition coefficient (Wildman–Crippen LogP) is 2.27. The lowest BCUT2D eigenvalue weighted by Gasteiger charge is -2.30. The van der Waals surface area contributed by atoms with Gasteiger partial charge in [-0.2, -0.15) is 0 Å². The van der Waals surface area contributed by atoms with Gasteiger partial charge in [-0.25, -0.2) is 4.79 Å². The minimum Gasteiger partial charge on any atom is -0.449 e. The average Bonchev–Trinajstić information content (AvgIpc) is 2.59. The molecule has 6 nitrogen and oxygen atoms in total. The Balaban J connectivity index is 1.96. The molecule has 1 amide bonds. The highest BCUT2D eigenvalue weighted by Crippen LogP contribution is 2.31. The number of primary amides is 1. The van der Waals surface area contributed by atoms with E-state index in [0.717, 1.165) is 42.8 Å². The van der Waals surface area contributed by atoms with Crippen molar-refractivity contribution in [3.8, 4) is 0 Å². The van der Waals surface area contributed by atoms with Crippen molar-refractivity contribution in [2.45, 2.75) is 12.8 Å². The summed E-state index contributed by atoms with van der Waals surface area (Å²) in [7, 11) is 0. The number of rotatable bonds is 4. The van der Waals surface area contributed by atoms with Gasteiger partial charge in [-0.15, -0.1) is 0 Å². The van der Waals surface area contributed by atoms with Crippen LogP contribution in [0.4, 0.5) is 10.5 Å². The minimum atomic E-state index is -0.751. The molecule has 2 aromatic rings. The molecule has 0 radical (unpaired) electrons. The number of fused-ring (bicyclic) bond motifs is 1. The molecule has 6 heteroatoms. The van der Waals surface area contributed by atoms with Gasteiger partial charge < -0.3 is 20.1 Å². The van der Waals surface area contributed by atoms with Crippen LogP contribution in [0.1, 0.15) is 18.4 Å². The van der Waals surface area contributed by atoms with Crippen molar-refractivity contribution in [2.24, 2.45) is 5.73 Å². The Morgan fingerprint density at radius 3 is 2.91 bits per heavy atom. The molecule has 1 saturated heterocycles. The van der Waals surface area contributed by atoms with E-state index in [0.29, 0.717) is 0 Å². The number of hydrogen-bond acceptors (Lipinski definition) is 5. The number of amides is 1. The molecule has 1 aliphatic rings. The van der Waals surface area contributed by atoms with Gasteiger partial charge in [0.25, 0.3) is 0 Å². The standard InChI is InChI=1S/C17H21N3O3/c1-12(11-23-17(18)21)13-3-2-4-14-15(5-6-19-16(13)14)20-7-9-22-10-8-20/h2-6,12H,7-11H2,1H3,(H2,18,21). The second-order valence-electron chi connectivity index (χ2n) is 5.70. The number of benzene rings is 1. The fourth-order valence-corrected chi connectivity index (χ4v) is 2.96. The van der Waals surface area contributed by atoms with Gasteiger partial charge in [0.2, 0.25) is 0 Å². The van der Waals surface area contributed by atoms with E-state index >= 15 is 0 Å². The lowest BCUT2D eigenvalue weighted by atomic mass is 9.98. The van der Waals surface area contributed by atoms with E-state index in [2.05, 4.69) is 16.0 Å². The van der Waals surface area contributed by atoms with Crippen LogP contribution in [0.3, 0.4) is 0 Å². The molecule has 0 aliphatic carbocycles. The number of morpholine rings is 1. The monoisotopic (exact) mass is 315 g/mol. The number of nitrogens with two attached hydrogens (primary N) is 1. The summed E-state index contributed by atoms with van der Waals surface area (Å²) in [5, 5.41) is 1.11. The third-order valence-electron chi connectivity index (χ3n) is 4.14. The number of anilines is 1. The predicted molar refractivity (Wildman–Crippen MR) is 88.7 cm³/mol. The molecule has 1 atom stereocenters. The molecule has 0 spiro atoms. The molecule has 0 bridgehead atoms. The van der Waals surface area contributed by atoms with E-state index in [-0.39, 0.29) is 12.5 Å². The molecule has 1 fully saturated rings. The fraction of sp³-hybridized carbons (Fsp3) is 0.412. The Labute approximate surface area is 135 Å². The molecule has 2 N–H and O–H groups in total. The number of nitrogens with zero attached hydrogens (tertiary/aromatic N) is 2. The van der Waals surface area contributed by atoms with Crippen LogP contribution in [-0.4, -0.2) is 44.0 Å². The van der Waals surface area contributed by atoms with E-state index in [1.165, 1.54) is 5.69 Å². The topological polar surface area (TPSA) is 77.7 Å². The highest BCUT2D eigenvalue weighted by molar-refractivity contribution is 5.93. The second-order valence-corrected chi connectivity index (χ2v) is 5.70. The van der Waals surface area contributed by atoms with Gasteiger partial charge >= 0.3 is 6.09 Å². The molecule has 0 saturated carbocycles. The molecular weight excluding hydrogens is 294 g/mol. The van der Waals surface area contributed by atoms with Crippen LogP contribution in [0, 0.1) is 0 Å². The van der Waals surface area contributed by atoms with Crippen LogP contribution < -0.4 is 10.6 Å². The number of ether oxygens (including phenoxy) is 2. The molecule has 3 rings (SSSR count). The molecule has 1 aromatic carbocycles. The fourth-order valence-electron chi connectivity index (χ4n) is 2.96. The van der Waals surface area contributed by atoms with Gasteiger partial charge in [0.1, 0.15) is 0 Å². The number of carbonyl (C=O) groups is 1. The zero-order valence-electron chi connectivity index (χ0n) is 13.2. The molecule has 2 heterocycles. The summed E-state index contributed by atoms with van der Waals surface area (Å²) in [5.74, 6) is 0.0265. The number of hydrogen-bond donors (Lipinski definition) is 1. The third kappa shape index (κ3) is 3.37. The Hall–Kier alpha value is -2.34. The first-order chi connectivity index (χ1) is 11.2. The number of aromatic nitrogens is 1. The first-order valence-corrected chi connectivity index (χ1v) is 7.79. The van der Waals surface area contributed by atoms with Crippen LogP contribution in [0.15, 0.2) is 30.5 Å². The van der Waals surface area contributed by atoms with E-state index in [9.17, 15) is 4.79 Å². The molecule has 1 unspecified atom stereocenters. The van der Waals surface area contributed by atoms with Gasteiger partial charge in [-0.05, 0) is 11.6 Å². The average molecular weight is 315 g/mol. The van der Waals surface area contributed by atoms with Gasteiger partial charge in [-0.3, -0.25) is 4.98 Å². The normalized spacial score (nSPS) is 16.3. The SMILES string of the molecule is CC(COC(N)=O)c1cccc2c(N3CCOCC3)ccnc12. The smallest absolute Gasteiger partial charge is 0.404 e.